The molecule has 0 fully saturated rings. The molecule has 1 heterocycles. The van der Waals surface area contributed by atoms with Gasteiger partial charge in [-0.1, -0.05) is 54.6 Å². The fraction of sp³-hybridized carbons (Fsp3) is 0.150. The van der Waals surface area contributed by atoms with Gasteiger partial charge in [0.1, 0.15) is 6.61 Å². The third-order valence-electron chi connectivity index (χ3n) is 4.15. The van der Waals surface area contributed by atoms with Crippen molar-refractivity contribution in [3.63, 3.8) is 0 Å². The van der Waals surface area contributed by atoms with Crippen LogP contribution < -0.4 is 0 Å². The molecule has 3 heteroatoms. The number of nitrogens with zero attached hydrogens (tertiary/aromatic N) is 1. The predicted molar refractivity (Wildman–Crippen MR) is 98.1 cm³/mol. The smallest absolute Gasteiger partial charge is 0.217 e. The minimum atomic E-state index is 0.169. The van der Waals surface area contributed by atoms with Crippen LogP contribution in [0.5, 0.6) is 0 Å². The first kappa shape index (κ1) is 14.5. The lowest BCUT2D eigenvalue weighted by Gasteiger charge is -2.08. The molecule has 0 spiro atoms. The second-order valence-corrected chi connectivity index (χ2v) is 6.58. The Morgan fingerprint density at radius 3 is 2.65 bits per heavy atom. The van der Waals surface area contributed by atoms with Crippen LogP contribution in [0.4, 0.5) is 0 Å². The van der Waals surface area contributed by atoms with Gasteiger partial charge < -0.3 is 4.74 Å². The van der Waals surface area contributed by atoms with Crippen molar-refractivity contribution in [2.24, 2.45) is 4.99 Å². The molecule has 0 radical (unpaired) electrons. The summed E-state index contributed by atoms with van der Waals surface area (Å²) in [6.45, 7) is 0.639. The van der Waals surface area contributed by atoms with Gasteiger partial charge in [-0.3, -0.25) is 0 Å². The summed E-state index contributed by atoms with van der Waals surface area (Å²) in [5.41, 5.74) is 2.35. The first-order valence-electron chi connectivity index (χ1n) is 7.73. The zero-order chi connectivity index (χ0) is 15.6. The number of halogens is 1. The van der Waals surface area contributed by atoms with E-state index < -0.39 is 0 Å². The van der Waals surface area contributed by atoms with Crippen molar-refractivity contribution < 1.29 is 4.74 Å². The molecule has 0 saturated carbocycles. The van der Waals surface area contributed by atoms with Gasteiger partial charge >= 0.3 is 0 Å². The van der Waals surface area contributed by atoms with Crippen molar-refractivity contribution in [1.29, 1.82) is 0 Å². The van der Waals surface area contributed by atoms with Crippen molar-refractivity contribution in [2.45, 2.75) is 12.5 Å². The first-order chi connectivity index (χ1) is 11.3. The summed E-state index contributed by atoms with van der Waals surface area (Å²) in [6, 6.07) is 23.2. The second-order valence-electron chi connectivity index (χ2n) is 5.72. The average Bonchev–Trinajstić information content (AvgIpc) is 3.04. The predicted octanol–water partition coefficient (Wildman–Crippen LogP) is 4.99. The fourth-order valence-electron chi connectivity index (χ4n) is 3.03. The van der Waals surface area contributed by atoms with Crippen LogP contribution in [-0.2, 0) is 11.2 Å². The van der Waals surface area contributed by atoms with Gasteiger partial charge in [0.25, 0.3) is 0 Å². The highest BCUT2D eigenvalue weighted by molar-refractivity contribution is 9.10. The zero-order valence-corrected chi connectivity index (χ0v) is 14.2. The molecule has 1 atom stereocenters. The van der Waals surface area contributed by atoms with Gasteiger partial charge in [0.15, 0.2) is 0 Å². The summed E-state index contributed by atoms with van der Waals surface area (Å²) in [7, 11) is 0. The molecule has 0 aliphatic carbocycles. The van der Waals surface area contributed by atoms with Crippen LogP contribution in [-0.4, -0.2) is 18.5 Å². The third kappa shape index (κ3) is 2.89. The van der Waals surface area contributed by atoms with E-state index in [0.29, 0.717) is 6.61 Å². The van der Waals surface area contributed by atoms with Crippen molar-refractivity contribution in [3.8, 4) is 0 Å². The molecule has 1 aliphatic rings. The quantitative estimate of drug-likeness (QED) is 0.640. The van der Waals surface area contributed by atoms with E-state index in [1.807, 2.05) is 24.3 Å². The van der Waals surface area contributed by atoms with Gasteiger partial charge in [0, 0.05) is 4.47 Å². The summed E-state index contributed by atoms with van der Waals surface area (Å²) < 4.78 is 6.85. The summed E-state index contributed by atoms with van der Waals surface area (Å²) in [5, 5.41) is 2.58. The summed E-state index contributed by atoms with van der Waals surface area (Å²) in [4.78, 5) is 4.79. The highest BCUT2D eigenvalue weighted by atomic mass is 79.9. The Labute approximate surface area is 144 Å². The standard InChI is InChI=1S/C20H16BrNO/c21-19-11-4-3-10-18(19)20-22-16(13-23-20)12-15-8-5-7-14-6-1-2-9-17(14)15/h1-11,16H,12-13H2/t16-/m0/s1. The van der Waals surface area contributed by atoms with Crippen LogP contribution in [0.2, 0.25) is 0 Å². The molecule has 23 heavy (non-hydrogen) atoms. The second kappa shape index (κ2) is 6.17. The van der Waals surface area contributed by atoms with Crippen molar-refractivity contribution >= 4 is 32.6 Å². The van der Waals surface area contributed by atoms with Crippen molar-refractivity contribution in [1.82, 2.24) is 0 Å². The van der Waals surface area contributed by atoms with Gasteiger partial charge in [-0.25, -0.2) is 4.99 Å². The Morgan fingerprint density at radius 1 is 0.957 bits per heavy atom. The Kier molecular flexibility index (Phi) is 3.88. The van der Waals surface area contributed by atoms with Crippen molar-refractivity contribution in [2.75, 3.05) is 6.61 Å². The molecular weight excluding hydrogens is 350 g/mol. The molecule has 1 aliphatic heterocycles. The number of fused-ring (bicyclic) bond motifs is 1. The molecule has 0 unspecified atom stereocenters. The maximum absolute atomic E-state index is 5.84. The zero-order valence-electron chi connectivity index (χ0n) is 12.6. The normalized spacial score (nSPS) is 17.1. The molecule has 4 rings (SSSR count). The van der Waals surface area contributed by atoms with E-state index in [2.05, 4.69) is 58.4 Å². The number of aliphatic imine (C=N–C) groups is 1. The molecule has 2 nitrogen and oxygen atoms in total. The van der Waals surface area contributed by atoms with Gasteiger partial charge in [-0.2, -0.15) is 0 Å². The number of hydrogen-bond donors (Lipinski definition) is 0. The van der Waals surface area contributed by atoms with E-state index >= 15 is 0 Å². The van der Waals surface area contributed by atoms with Gasteiger partial charge in [-0.05, 0) is 50.8 Å². The summed E-state index contributed by atoms with van der Waals surface area (Å²) in [6.07, 6.45) is 0.898. The van der Waals surface area contributed by atoms with E-state index in [4.69, 9.17) is 9.73 Å². The molecular formula is C20H16BrNO. The van der Waals surface area contributed by atoms with Crippen LogP contribution in [0, 0.1) is 0 Å². The Morgan fingerprint density at radius 2 is 1.74 bits per heavy atom. The fourth-order valence-corrected chi connectivity index (χ4v) is 3.48. The lowest BCUT2D eigenvalue weighted by molar-refractivity contribution is 0.317. The molecule has 0 bridgehead atoms. The minimum absolute atomic E-state index is 0.169. The van der Waals surface area contributed by atoms with Gasteiger partial charge in [0.2, 0.25) is 5.90 Å². The molecule has 114 valence electrons. The largest absolute Gasteiger partial charge is 0.475 e. The minimum Gasteiger partial charge on any atom is -0.475 e. The van der Waals surface area contributed by atoms with Crippen molar-refractivity contribution in [3.05, 3.63) is 82.3 Å². The molecule has 0 N–H and O–H groups in total. The highest BCUT2D eigenvalue weighted by Crippen LogP contribution is 2.24. The van der Waals surface area contributed by atoms with E-state index in [0.717, 1.165) is 22.4 Å². The molecule has 3 aromatic carbocycles. The maximum atomic E-state index is 5.84. The van der Waals surface area contributed by atoms with Gasteiger partial charge in [0.05, 0.1) is 11.6 Å². The first-order valence-corrected chi connectivity index (χ1v) is 8.53. The average molecular weight is 366 g/mol. The van der Waals surface area contributed by atoms with Crippen LogP contribution in [0.1, 0.15) is 11.1 Å². The van der Waals surface area contributed by atoms with E-state index in [1.54, 1.807) is 0 Å². The Balaban J connectivity index is 1.62. The van der Waals surface area contributed by atoms with Crippen LogP contribution in [0.3, 0.4) is 0 Å². The SMILES string of the molecule is Brc1ccccc1C1=N[C@@H](Cc2cccc3ccccc23)CO1. The number of ether oxygens (including phenoxy) is 1. The summed E-state index contributed by atoms with van der Waals surface area (Å²) >= 11 is 3.56. The molecule has 0 aromatic heterocycles. The molecule has 0 amide bonds. The highest BCUT2D eigenvalue weighted by Gasteiger charge is 2.22. The number of benzene rings is 3. The Hall–Kier alpha value is -2.13. The maximum Gasteiger partial charge on any atom is 0.217 e. The Bertz CT molecular complexity index is 882. The number of hydrogen-bond acceptors (Lipinski definition) is 2. The topological polar surface area (TPSA) is 21.6 Å². The molecule has 3 aromatic rings. The third-order valence-corrected chi connectivity index (χ3v) is 4.84. The van der Waals surface area contributed by atoms with Gasteiger partial charge in [-0.15, -0.1) is 0 Å². The number of rotatable bonds is 3. The van der Waals surface area contributed by atoms with E-state index in [9.17, 15) is 0 Å². The van der Waals surface area contributed by atoms with E-state index in [1.165, 1.54) is 16.3 Å². The lowest BCUT2D eigenvalue weighted by atomic mass is 9.99. The lowest BCUT2D eigenvalue weighted by Crippen LogP contribution is -2.10. The van der Waals surface area contributed by atoms with Crippen LogP contribution >= 0.6 is 15.9 Å². The summed E-state index contributed by atoms with van der Waals surface area (Å²) in [5.74, 6) is 0.739. The van der Waals surface area contributed by atoms with E-state index in [-0.39, 0.29) is 6.04 Å². The monoisotopic (exact) mass is 365 g/mol. The molecule has 0 saturated heterocycles. The van der Waals surface area contributed by atoms with Crippen LogP contribution in [0.25, 0.3) is 10.8 Å². The van der Waals surface area contributed by atoms with Crippen LogP contribution in [0.15, 0.2) is 76.2 Å².